The maximum Gasteiger partial charge on any atom is 0.338 e. The third-order valence-corrected chi connectivity index (χ3v) is 8.22. The van der Waals surface area contributed by atoms with Crippen LogP contribution in [0.5, 0.6) is 23.0 Å². The topological polar surface area (TPSA) is 117 Å². The molecule has 0 saturated heterocycles. The van der Waals surface area contributed by atoms with Gasteiger partial charge in [-0.15, -0.1) is 11.3 Å². The monoisotopic (exact) mass is 613 g/mol. The Morgan fingerprint density at radius 2 is 1.56 bits per heavy atom. The maximum atomic E-state index is 13.9. The van der Waals surface area contributed by atoms with Gasteiger partial charge in [0.2, 0.25) is 0 Å². The third kappa shape index (κ3) is 5.87. The van der Waals surface area contributed by atoms with Gasteiger partial charge in [-0.1, -0.05) is 66.7 Å². The van der Waals surface area contributed by atoms with Gasteiger partial charge in [-0.25, -0.2) is 4.79 Å². The number of nitriles is 1. The van der Waals surface area contributed by atoms with E-state index in [2.05, 4.69) is 6.07 Å². The van der Waals surface area contributed by atoms with Gasteiger partial charge in [0, 0.05) is 5.56 Å². The molecule has 45 heavy (non-hydrogen) atoms. The fourth-order valence-electron chi connectivity index (χ4n) is 5.12. The van der Waals surface area contributed by atoms with E-state index in [1.165, 1.54) is 4.57 Å². The van der Waals surface area contributed by atoms with Crippen molar-refractivity contribution in [2.75, 3.05) is 6.61 Å². The Labute approximate surface area is 262 Å². The Balaban J connectivity index is 1.54. The van der Waals surface area contributed by atoms with E-state index < -0.39 is 17.4 Å². The Morgan fingerprint density at radius 1 is 0.911 bits per heavy atom. The van der Waals surface area contributed by atoms with Gasteiger partial charge in [0.1, 0.15) is 33.5 Å². The summed E-state index contributed by atoms with van der Waals surface area (Å²) in [6, 6.07) is 35.2. The predicted octanol–water partition coefficient (Wildman–Crippen LogP) is 5.49. The van der Waals surface area contributed by atoms with Crippen LogP contribution in [0.1, 0.15) is 24.0 Å². The zero-order chi connectivity index (χ0) is 31.3. The number of para-hydroxylation sites is 3. The number of hydrogen-bond acceptors (Lipinski definition) is 8. The number of carbonyl (C=O) groups excluding carboxylic acids is 1. The first kappa shape index (κ1) is 29.2. The van der Waals surface area contributed by atoms with Crippen molar-refractivity contribution in [2.45, 2.75) is 12.8 Å². The zero-order valence-electron chi connectivity index (χ0n) is 24.2. The SMILES string of the molecule is CCOC(=O)C1=c2sc(=Cc3ccccc3Oc3ccccc3)c(=O)n2C(N)=C(C#N)C1c1cccc(Oc2ccccc2)c1. The molecule has 9 heteroatoms. The number of hydrogen-bond donors (Lipinski definition) is 1. The number of carbonyl (C=O) groups is 1. The third-order valence-electron chi connectivity index (χ3n) is 7.11. The van der Waals surface area contributed by atoms with Crippen molar-refractivity contribution in [3.05, 3.63) is 145 Å². The smallest absolute Gasteiger partial charge is 0.338 e. The van der Waals surface area contributed by atoms with E-state index in [0.717, 1.165) is 11.3 Å². The van der Waals surface area contributed by atoms with Gasteiger partial charge in [-0.3, -0.25) is 9.36 Å². The van der Waals surface area contributed by atoms with Crippen LogP contribution < -0.4 is 30.0 Å². The molecular formula is C36H27N3O5S. The Bertz CT molecular complexity index is 2140. The van der Waals surface area contributed by atoms with Crippen molar-refractivity contribution in [3.8, 4) is 29.1 Å². The molecule has 1 aliphatic rings. The molecule has 0 fully saturated rings. The standard InChI is InChI=1S/C36H27N3O5S/c1-2-42-36(41)32-31(24-13-11-18-27(20-24)43-25-14-5-3-6-15-25)28(22-37)33(38)39-34(40)30(45-35(32)39)21-23-12-9-10-19-29(23)44-26-16-7-4-8-17-26/h3-21,31H,2,38H2,1H3. The van der Waals surface area contributed by atoms with Gasteiger partial charge >= 0.3 is 5.97 Å². The summed E-state index contributed by atoms with van der Waals surface area (Å²) in [4.78, 5) is 27.5. The summed E-state index contributed by atoms with van der Waals surface area (Å²) in [6.07, 6.45) is 1.70. The van der Waals surface area contributed by atoms with Crippen LogP contribution in [0.25, 0.3) is 17.5 Å². The second-order valence-corrected chi connectivity index (χ2v) is 11.0. The lowest BCUT2D eigenvalue weighted by Crippen LogP contribution is -2.40. The minimum Gasteiger partial charge on any atom is -0.463 e. The summed E-state index contributed by atoms with van der Waals surface area (Å²) in [5.74, 6) is 0.742. The number of aromatic nitrogens is 1. The first-order valence-electron chi connectivity index (χ1n) is 14.2. The van der Waals surface area contributed by atoms with E-state index in [1.807, 2.05) is 84.9 Å². The molecule has 1 aromatic heterocycles. The summed E-state index contributed by atoms with van der Waals surface area (Å²) < 4.78 is 19.4. The molecule has 1 atom stereocenters. The first-order chi connectivity index (χ1) is 22.0. The molecule has 222 valence electrons. The average molecular weight is 614 g/mol. The van der Waals surface area contributed by atoms with Crippen LogP contribution in [0, 0.1) is 11.3 Å². The van der Waals surface area contributed by atoms with E-state index in [-0.39, 0.29) is 23.6 Å². The molecule has 0 saturated carbocycles. The predicted molar refractivity (Wildman–Crippen MR) is 173 cm³/mol. The molecule has 6 rings (SSSR count). The number of nitrogens with zero attached hydrogens (tertiary/aromatic N) is 2. The van der Waals surface area contributed by atoms with Gasteiger partial charge in [-0.05, 0) is 61.0 Å². The highest BCUT2D eigenvalue weighted by atomic mass is 32.1. The minimum atomic E-state index is -0.895. The highest BCUT2D eigenvalue weighted by Gasteiger charge is 2.36. The molecular weight excluding hydrogens is 586 g/mol. The van der Waals surface area contributed by atoms with E-state index in [0.29, 0.717) is 43.3 Å². The van der Waals surface area contributed by atoms with E-state index in [1.54, 1.807) is 37.3 Å². The van der Waals surface area contributed by atoms with Gasteiger partial charge in [0.15, 0.2) is 0 Å². The molecule has 2 heterocycles. The summed E-state index contributed by atoms with van der Waals surface area (Å²) in [7, 11) is 0. The van der Waals surface area contributed by atoms with Crippen LogP contribution in [-0.2, 0) is 9.53 Å². The number of allylic oxidation sites excluding steroid dienone is 1. The normalized spacial score (nSPS) is 14.4. The van der Waals surface area contributed by atoms with Crippen LogP contribution >= 0.6 is 11.3 Å². The molecule has 4 aromatic carbocycles. The van der Waals surface area contributed by atoms with Gasteiger partial charge in [0.05, 0.1) is 34.3 Å². The van der Waals surface area contributed by atoms with Crippen LogP contribution in [0.4, 0.5) is 0 Å². The minimum absolute atomic E-state index is 0.0466. The first-order valence-corrected chi connectivity index (χ1v) is 15.0. The molecule has 0 spiro atoms. The number of ether oxygens (including phenoxy) is 3. The van der Waals surface area contributed by atoms with Crippen LogP contribution in [0.2, 0.25) is 0 Å². The molecule has 1 aliphatic heterocycles. The summed E-state index contributed by atoms with van der Waals surface area (Å²) >= 11 is 1.10. The van der Waals surface area contributed by atoms with Crippen LogP contribution in [0.3, 0.4) is 0 Å². The van der Waals surface area contributed by atoms with Gasteiger partial charge < -0.3 is 19.9 Å². The highest BCUT2D eigenvalue weighted by molar-refractivity contribution is 7.07. The number of fused-ring (bicyclic) bond motifs is 1. The van der Waals surface area contributed by atoms with Crippen molar-refractivity contribution >= 4 is 34.8 Å². The second kappa shape index (κ2) is 12.8. The molecule has 1 unspecified atom stereocenters. The molecule has 8 nitrogen and oxygen atoms in total. The molecule has 5 aromatic rings. The van der Waals surface area contributed by atoms with Crippen LogP contribution in [0.15, 0.2) is 120 Å². The van der Waals surface area contributed by atoms with Crippen LogP contribution in [-0.4, -0.2) is 17.1 Å². The quantitative estimate of drug-likeness (QED) is 0.230. The van der Waals surface area contributed by atoms with Crippen molar-refractivity contribution in [1.29, 1.82) is 5.26 Å². The van der Waals surface area contributed by atoms with Crippen molar-refractivity contribution in [2.24, 2.45) is 5.73 Å². The number of nitrogens with two attached hydrogens (primary N) is 1. The number of thiazole rings is 1. The highest BCUT2D eigenvalue weighted by Crippen LogP contribution is 2.38. The average Bonchev–Trinajstić information content (AvgIpc) is 3.38. The Kier molecular flexibility index (Phi) is 8.31. The van der Waals surface area contributed by atoms with E-state index in [4.69, 9.17) is 19.9 Å². The lowest BCUT2D eigenvalue weighted by atomic mass is 9.84. The molecule has 0 amide bonds. The number of esters is 1. The number of rotatable bonds is 8. The van der Waals surface area contributed by atoms with E-state index in [9.17, 15) is 14.9 Å². The summed E-state index contributed by atoms with van der Waals surface area (Å²) in [6.45, 7) is 1.80. The number of benzene rings is 4. The molecule has 0 bridgehead atoms. The van der Waals surface area contributed by atoms with Crippen molar-refractivity contribution in [3.63, 3.8) is 0 Å². The molecule has 0 radical (unpaired) electrons. The second-order valence-electron chi connectivity index (χ2n) is 9.97. The lowest BCUT2D eigenvalue weighted by Gasteiger charge is -2.25. The van der Waals surface area contributed by atoms with Crippen molar-refractivity contribution < 1.29 is 19.0 Å². The largest absolute Gasteiger partial charge is 0.463 e. The van der Waals surface area contributed by atoms with Gasteiger partial charge in [0.25, 0.3) is 5.56 Å². The maximum absolute atomic E-state index is 13.9. The summed E-state index contributed by atoms with van der Waals surface area (Å²) in [5.41, 5.74) is 7.54. The van der Waals surface area contributed by atoms with Crippen molar-refractivity contribution in [1.82, 2.24) is 4.57 Å². The van der Waals surface area contributed by atoms with E-state index >= 15 is 0 Å². The Morgan fingerprint density at radius 3 is 2.24 bits per heavy atom. The lowest BCUT2D eigenvalue weighted by molar-refractivity contribution is -0.136. The zero-order valence-corrected chi connectivity index (χ0v) is 25.0. The molecule has 0 aliphatic carbocycles. The fourth-order valence-corrected chi connectivity index (χ4v) is 6.27. The molecule has 2 N–H and O–H groups in total. The summed E-state index contributed by atoms with van der Waals surface area (Å²) in [5, 5.41) is 10.3. The Hall–Kier alpha value is -5.85. The van der Waals surface area contributed by atoms with Gasteiger partial charge in [-0.2, -0.15) is 5.26 Å². The fraction of sp³-hybridized carbons (Fsp3) is 0.0833.